The Morgan fingerprint density at radius 3 is 2.63 bits per heavy atom. The van der Waals surface area contributed by atoms with Gasteiger partial charge in [0.2, 0.25) is 0 Å². The monoisotopic (exact) mass is 265 g/mol. The van der Waals surface area contributed by atoms with Crippen molar-refractivity contribution in [3.05, 3.63) is 36.4 Å². The third-order valence-electron chi connectivity index (χ3n) is 2.98. The van der Waals surface area contributed by atoms with Crippen LogP contribution in [0.5, 0.6) is 11.5 Å². The van der Waals surface area contributed by atoms with Gasteiger partial charge < -0.3 is 14.6 Å². The molecule has 104 valence electrons. The Kier molecular flexibility index (Phi) is 4.94. The highest BCUT2D eigenvalue weighted by Gasteiger charge is 2.37. The van der Waals surface area contributed by atoms with E-state index in [2.05, 4.69) is 11.9 Å². The van der Waals surface area contributed by atoms with Gasteiger partial charge in [0.1, 0.15) is 17.0 Å². The van der Waals surface area contributed by atoms with Crippen LogP contribution >= 0.6 is 0 Å². The molecule has 5 nitrogen and oxygen atoms in total. The van der Waals surface area contributed by atoms with E-state index in [9.17, 15) is 9.90 Å². The van der Waals surface area contributed by atoms with Gasteiger partial charge in [-0.3, -0.25) is 5.32 Å². The van der Waals surface area contributed by atoms with E-state index in [0.717, 1.165) is 0 Å². The van der Waals surface area contributed by atoms with Gasteiger partial charge in [-0.05, 0) is 19.1 Å². The molecule has 1 unspecified atom stereocenters. The summed E-state index contributed by atoms with van der Waals surface area (Å²) in [4.78, 5) is 11.6. The first-order valence-electron chi connectivity index (χ1n) is 5.81. The standard InChI is InChI=1S/C14H19NO4/c1-5-8-15-14(2,13(16)17)11-7-6-10(18-3)9-12(11)19-4/h5-7,9,15H,1,8H2,2-4H3,(H,16,17). The molecule has 0 spiro atoms. The average Bonchev–Trinajstić information content (AvgIpc) is 2.43. The Balaban J connectivity index is 3.29. The van der Waals surface area contributed by atoms with Crippen LogP contribution in [-0.2, 0) is 10.3 Å². The molecular weight excluding hydrogens is 246 g/mol. The van der Waals surface area contributed by atoms with Crippen molar-refractivity contribution in [2.45, 2.75) is 12.5 Å². The average molecular weight is 265 g/mol. The fraction of sp³-hybridized carbons (Fsp3) is 0.357. The van der Waals surface area contributed by atoms with E-state index in [-0.39, 0.29) is 0 Å². The summed E-state index contributed by atoms with van der Waals surface area (Å²) in [6.07, 6.45) is 1.61. The van der Waals surface area contributed by atoms with E-state index in [1.54, 1.807) is 38.3 Å². The van der Waals surface area contributed by atoms with Gasteiger partial charge in [-0.25, -0.2) is 4.79 Å². The van der Waals surface area contributed by atoms with Crippen molar-refractivity contribution in [2.24, 2.45) is 0 Å². The highest BCUT2D eigenvalue weighted by atomic mass is 16.5. The lowest BCUT2D eigenvalue weighted by atomic mass is 9.91. The molecule has 0 amide bonds. The first-order chi connectivity index (χ1) is 8.99. The van der Waals surface area contributed by atoms with Crippen LogP contribution in [-0.4, -0.2) is 31.8 Å². The zero-order valence-electron chi connectivity index (χ0n) is 11.4. The predicted octanol–water partition coefficient (Wildman–Crippen LogP) is 1.78. The van der Waals surface area contributed by atoms with Crippen molar-refractivity contribution in [3.63, 3.8) is 0 Å². The molecule has 0 heterocycles. The third-order valence-corrected chi connectivity index (χ3v) is 2.98. The number of hydrogen-bond acceptors (Lipinski definition) is 4. The van der Waals surface area contributed by atoms with E-state index in [1.165, 1.54) is 7.11 Å². The maximum absolute atomic E-state index is 11.6. The number of methoxy groups -OCH3 is 2. The summed E-state index contributed by atoms with van der Waals surface area (Å²) in [5.74, 6) is 0.0793. The van der Waals surface area contributed by atoms with Crippen molar-refractivity contribution in [1.82, 2.24) is 5.32 Å². The zero-order valence-corrected chi connectivity index (χ0v) is 11.4. The van der Waals surface area contributed by atoms with Crippen LogP contribution in [0.2, 0.25) is 0 Å². The quantitative estimate of drug-likeness (QED) is 0.736. The number of benzene rings is 1. The predicted molar refractivity (Wildman–Crippen MR) is 72.7 cm³/mol. The summed E-state index contributed by atoms with van der Waals surface area (Å²) in [6, 6.07) is 5.04. The summed E-state index contributed by atoms with van der Waals surface area (Å²) in [5, 5.41) is 12.4. The molecule has 0 aliphatic rings. The van der Waals surface area contributed by atoms with Crippen molar-refractivity contribution in [2.75, 3.05) is 20.8 Å². The second-order valence-corrected chi connectivity index (χ2v) is 4.17. The lowest BCUT2D eigenvalue weighted by Crippen LogP contribution is -2.46. The van der Waals surface area contributed by atoms with Crippen LogP contribution in [0, 0.1) is 0 Å². The van der Waals surface area contributed by atoms with Crippen LogP contribution in [0.25, 0.3) is 0 Å². The highest BCUT2D eigenvalue weighted by molar-refractivity contribution is 5.81. The zero-order chi connectivity index (χ0) is 14.5. The van der Waals surface area contributed by atoms with Crippen LogP contribution < -0.4 is 14.8 Å². The maximum atomic E-state index is 11.6. The highest BCUT2D eigenvalue weighted by Crippen LogP contribution is 2.33. The van der Waals surface area contributed by atoms with E-state index in [0.29, 0.717) is 23.6 Å². The number of hydrogen-bond donors (Lipinski definition) is 2. The second kappa shape index (κ2) is 6.24. The minimum absolute atomic E-state index is 0.373. The third kappa shape index (κ3) is 3.06. The van der Waals surface area contributed by atoms with Crippen molar-refractivity contribution in [1.29, 1.82) is 0 Å². The SMILES string of the molecule is C=CCNC(C)(C(=O)O)c1ccc(OC)cc1OC. The minimum Gasteiger partial charge on any atom is -0.497 e. The Labute approximate surface area is 112 Å². The summed E-state index contributed by atoms with van der Waals surface area (Å²) in [7, 11) is 3.04. The Morgan fingerprint density at radius 1 is 1.47 bits per heavy atom. The topological polar surface area (TPSA) is 67.8 Å². The first-order valence-corrected chi connectivity index (χ1v) is 5.81. The van der Waals surface area contributed by atoms with E-state index in [4.69, 9.17) is 9.47 Å². The number of carboxylic acids is 1. The van der Waals surface area contributed by atoms with Gasteiger partial charge in [0.05, 0.1) is 14.2 Å². The van der Waals surface area contributed by atoms with Crippen LogP contribution in [0.3, 0.4) is 0 Å². The molecule has 0 saturated heterocycles. The van der Waals surface area contributed by atoms with Crippen molar-refractivity contribution < 1.29 is 19.4 Å². The van der Waals surface area contributed by atoms with Gasteiger partial charge in [0, 0.05) is 18.2 Å². The van der Waals surface area contributed by atoms with Crippen molar-refractivity contribution >= 4 is 5.97 Å². The molecule has 0 fully saturated rings. The normalized spacial score (nSPS) is 13.4. The van der Waals surface area contributed by atoms with Gasteiger partial charge in [-0.2, -0.15) is 0 Å². The molecule has 0 bridgehead atoms. The lowest BCUT2D eigenvalue weighted by molar-refractivity contribution is -0.144. The van der Waals surface area contributed by atoms with Crippen LogP contribution in [0.1, 0.15) is 12.5 Å². The molecule has 5 heteroatoms. The maximum Gasteiger partial charge on any atom is 0.328 e. The molecule has 0 radical (unpaired) electrons. The Hall–Kier alpha value is -2.01. The molecular formula is C14H19NO4. The smallest absolute Gasteiger partial charge is 0.328 e. The summed E-state index contributed by atoms with van der Waals surface area (Å²) in [5.41, 5.74) is -0.726. The van der Waals surface area contributed by atoms with Crippen LogP contribution in [0.4, 0.5) is 0 Å². The van der Waals surface area contributed by atoms with E-state index < -0.39 is 11.5 Å². The molecule has 0 aromatic heterocycles. The first kappa shape index (κ1) is 15.0. The van der Waals surface area contributed by atoms with Gasteiger partial charge in [-0.1, -0.05) is 6.08 Å². The van der Waals surface area contributed by atoms with Gasteiger partial charge in [-0.15, -0.1) is 6.58 Å². The number of aliphatic carboxylic acids is 1. The molecule has 2 N–H and O–H groups in total. The molecule has 19 heavy (non-hydrogen) atoms. The molecule has 1 atom stereocenters. The number of rotatable bonds is 7. The molecule has 0 saturated carbocycles. The van der Waals surface area contributed by atoms with E-state index >= 15 is 0 Å². The molecule has 1 aromatic rings. The molecule has 1 rings (SSSR count). The fourth-order valence-corrected chi connectivity index (χ4v) is 1.77. The summed E-state index contributed by atoms with van der Waals surface area (Å²) < 4.78 is 10.4. The van der Waals surface area contributed by atoms with Gasteiger partial charge in [0.15, 0.2) is 0 Å². The lowest BCUT2D eigenvalue weighted by Gasteiger charge is -2.28. The summed E-state index contributed by atoms with van der Waals surface area (Å²) >= 11 is 0. The van der Waals surface area contributed by atoms with Gasteiger partial charge >= 0.3 is 5.97 Å². The van der Waals surface area contributed by atoms with Gasteiger partial charge in [0.25, 0.3) is 0 Å². The number of carbonyl (C=O) groups is 1. The number of carboxylic acid groups (broad SMARTS) is 1. The molecule has 0 aliphatic carbocycles. The molecule has 1 aromatic carbocycles. The number of ether oxygens (including phenoxy) is 2. The molecule has 0 aliphatic heterocycles. The van der Waals surface area contributed by atoms with E-state index in [1.807, 2.05) is 0 Å². The minimum atomic E-state index is -1.26. The largest absolute Gasteiger partial charge is 0.497 e. The van der Waals surface area contributed by atoms with Crippen LogP contribution in [0.15, 0.2) is 30.9 Å². The summed E-state index contributed by atoms with van der Waals surface area (Å²) in [6.45, 7) is 5.54. The number of nitrogens with one attached hydrogen (secondary N) is 1. The Bertz CT molecular complexity index is 473. The van der Waals surface area contributed by atoms with Crippen molar-refractivity contribution in [3.8, 4) is 11.5 Å². The Morgan fingerprint density at radius 2 is 2.16 bits per heavy atom. The second-order valence-electron chi connectivity index (χ2n) is 4.17. The fourth-order valence-electron chi connectivity index (χ4n) is 1.77.